The summed E-state index contributed by atoms with van der Waals surface area (Å²) in [6.07, 6.45) is 3.76. The molecule has 0 saturated heterocycles. The van der Waals surface area contributed by atoms with Gasteiger partial charge in [0.25, 0.3) is 0 Å². The zero-order valence-corrected chi connectivity index (χ0v) is 17.1. The second kappa shape index (κ2) is 7.95. The lowest BCUT2D eigenvalue weighted by Gasteiger charge is -2.18. The van der Waals surface area contributed by atoms with Crippen LogP contribution in [0.15, 0.2) is 60.7 Å². The molecule has 0 amide bonds. The summed E-state index contributed by atoms with van der Waals surface area (Å²) >= 11 is 12.7. The van der Waals surface area contributed by atoms with E-state index in [1.54, 1.807) is 6.07 Å². The lowest BCUT2D eigenvalue weighted by atomic mass is 9.87. The van der Waals surface area contributed by atoms with E-state index in [0.717, 1.165) is 42.2 Å². The number of fused-ring (bicyclic) bond motifs is 1. The lowest BCUT2D eigenvalue weighted by Crippen LogP contribution is -1.98. The van der Waals surface area contributed by atoms with Crippen LogP contribution in [0, 0.1) is 6.92 Å². The number of carbonyl (C=O) groups is 1. The molecule has 4 rings (SSSR count). The summed E-state index contributed by atoms with van der Waals surface area (Å²) in [6, 6.07) is 20.3. The largest absolute Gasteiger partial charge is 0.298 e. The van der Waals surface area contributed by atoms with Crippen molar-refractivity contribution in [2.75, 3.05) is 0 Å². The normalized spacial score (nSPS) is 13.8. The number of hydrogen-bond acceptors (Lipinski definition) is 1. The molecule has 140 valence electrons. The van der Waals surface area contributed by atoms with Crippen LogP contribution in [0.1, 0.15) is 51.0 Å². The zero-order valence-electron chi connectivity index (χ0n) is 15.6. The highest BCUT2D eigenvalue weighted by Gasteiger charge is 2.21. The van der Waals surface area contributed by atoms with Crippen LogP contribution in [0.4, 0.5) is 0 Å². The molecule has 3 aromatic carbocycles. The molecule has 1 aliphatic rings. The Morgan fingerprint density at radius 2 is 1.61 bits per heavy atom. The Bertz CT molecular complexity index is 1080. The molecule has 0 radical (unpaired) electrons. The Hall–Kier alpha value is -2.35. The summed E-state index contributed by atoms with van der Waals surface area (Å²) in [4.78, 5) is 11.3. The average molecular weight is 407 g/mol. The first-order chi connectivity index (χ1) is 13.6. The highest BCUT2D eigenvalue weighted by Crippen LogP contribution is 2.42. The highest BCUT2D eigenvalue weighted by molar-refractivity contribution is 6.36. The van der Waals surface area contributed by atoms with Gasteiger partial charge in [-0.15, -0.1) is 0 Å². The van der Waals surface area contributed by atoms with Gasteiger partial charge in [0.05, 0.1) is 0 Å². The van der Waals surface area contributed by atoms with E-state index in [1.807, 2.05) is 24.3 Å². The van der Waals surface area contributed by atoms with Crippen molar-refractivity contribution in [3.05, 3.63) is 104 Å². The van der Waals surface area contributed by atoms with Gasteiger partial charge in [-0.1, -0.05) is 71.2 Å². The number of hydrogen-bond donors (Lipinski definition) is 0. The third-order valence-corrected chi connectivity index (χ3v) is 5.85. The Kier molecular flexibility index (Phi) is 5.39. The van der Waals surface area contributed by atoms with Gasteiger partial charge >= 0.3 is 0 Å². The van der Waals surface area contributed by atoms with E-state index in [1.165, 1.54) is 27.8 Å². The summed E-state index contributed by atoms with van der Waals surface area (Å²) in [7, 11) is 0. The van der Waals surface area contributed by atoms with Crippen molar-refractivity contribution in [2.45, 2.75) is 26.2 Å². The maximum atomic E-state index is 11.3. The van der Waals surface area contributed by atoms with Crippen LogP contribution < -0.4 is 0 Å². The van der Waals surface area contributed by atoms with Crippen LogP contribution in [-0.4, -0.2) is 6.29 Å². The molecule has 0 saturated carbocycles. The van der Waals surface area contributed by atoms with Crippen molar-refractivity contribution in [3.63, 3.8) is 0 Å². The zero-order chi connectivity index (χ0) is 19.7. The van der Waals surface area contributed by atoms with Gasteiger partial charge < -0.3 is 0 Å². The van der Waals surface area contributed by atoms with Crippen molar-refractivity contribution in [3.8, 4) is 0 Å². The van der Waals surface area contributed by atoms with E-state index in [-0.39, 0.29) is 0 Å². The lowest BCUT2D eigenvalue weighted by molar-refractivity contribution is 0.112. The van der Waals surface area contributed by atoms with Gasteiger partial charge in [0.1, 0.15) is 6.29 Å². The van der Waals surface area contributed by atoms with Crippen LogP contribution in [-0.2, 0) is 6.42 Å². The Morgan fingerprint density at radius 3 is 2.32 bits per heavy atom. The SMILES string of the molecule is Cc1ccc(C2=C(c3ccc(Cl)cc3Cl)CCCc3cc(C=O)ccc32)cc1. The molecule has 0 spiro atoms. The Labute approximate surface area is 175 Å². The number of allylic oxidation sites excluding steroid dienone is 1. The molecule has 0 aromatic heterocycles. The quantitative estimate of drug-likeness (QED) is 0.413. The second-order valence-electron chi connectivity index (χ2n) is 7.23. The van der Waals surface area contributed by atoms with E-state index in [2.05, 4.69) is 37.3 Å². The number of halogens is 2. The molecule has 0 unspecified atom stereocenters. The van der Waals surface area contributed by atoms with Crippen molar-refractivity contribution in [1.29, 1.82) is 0 Å². The number of rotatable bonds is 3. The number of carbonyl (C=O) groups excluding carboxylic acids is 1. The van der Waals surface area contributed by atoms with Crippen LogP contribution in [0.2, 0.25) is 10.0 Å². The van der Waals surface area contributed by atoms with E-state index in [4.69, 9.17) is 23.2 Å². The predicted octanol–water partition coefficient (Wildman–Crippen LogP) is 7.41. The van der Waals surface area contributed by atoms with Crippen LogP contribution >= 0.6 is 23.2 Å². The first kappa shape index (κ1) is 19.0. The Balaban J connectivity index is 2.02. The number of aldehydes is 1. The molecule has 0 bridgehead atoms. The molecular formula is C25H20Cl2O. The molecule has 1 nitrogen and oxygen atoms in total. The van der Waals surface area contributed by atoms with Crippen molar-refractivity contribution < 1.29 is 4.79 Å². The van der Waals surface area contributed by atoms with Crippen LogP contribution in [0.25, 0.3) is 11.1 Å². The summed E-state index contributed by atoms with van der Waals surface area (Å²) in [5.74, 6) is 0. The van der Waals surface area contributed by atoms with E-state index in [0.29, 0.717) is 10.0 Å². The number of aryl methyl sites for hydroxylation is 2. The standard InChI is InChI=1S/C25H20Cl2O/c1-16-5-8-18(9-6-16)25-21-11-7-17(15-28)13-19(21)3-2-4-23(25)22-12-10-20(26)14-24(22)27/h5-15H,2-4H2,1H3. The monoisotopic (exact) mass is 406 g/mol. The summed E-state index contributed by atoms with van der Waals surface area (Å²) in [6.45, 7) is 2.09. The molecular weight excluding hydrogens is 387 g/mol. The number of benzene rings is 3. The summed E-state index contributed by atoms with van der Waals surface area (Å²) in [5.41, 5.74) is 8.92. The van der Waals surface area contributed by atoms with E-state index < -0.39 is 0 Å². The minimum atomic E-state index is 0.635. The fourth-order valence-corrected chi connectivity index (χ4v) is 4.46. The van der Waals surface area contributed by atoms with Crippen LogP contribution in [0.5, 0.6) is 0 Å². The molecule has 3 aromatic rings. The fourth-order valence-electron chi connectivity index (χ4n) is 3.93. The topological polar surface area (TPSA) is 17.1 Å². The van der Waals surface area contributed by atoms with E-state index >= 15 is 0 Å². The molecule has 0 N–H and O–H groups in total. The second-order valence-corrected chi connectivity index (χ2v) is 8.08. The Morgan fingerprint density at radius 1 is 0.857 bits per heavy atom. The minimum absolute atomic E-state index is 0.635. The fraction of sp³-hybridized carbons (Fsp3) is 0.160. The maximum absolute atomic E-state index is 11.3. The third-order valence-electron chi connectivity index (χ3n) is 5.31. The highest BCUT2D eigenvalue weighted by atomic mass is 35.5. The van der Waals surface area contributed by atoms with Gasteiger partial charge in [0.2, 0.25) is 0 Å². The smallest absolute Gasteiger partial charge is 0.150 e. The molecule has 0 heterocycles. The van der Waals surface area contributed by atoms with Gasteiger partial charge in [-0.05, 0) is 77.8 Å². The minimum Gasteiger partial charge on any atom is -0.298 e. The third kappa shape index (κ3) is 3.65. The van der Waals surface area contributed by atoms with Gasteiger partial charge in [0.15, 0.2) is 0 Å². The van der Waals surface area contributed by atoms with E-state index in [9.17, 15) is 4.79 Å². The molecule has 3 heteroatoms. The maximum Gasteiger partial charge on any atom is 0.150 e. The summed E-state index contributed by atoms with van der Waals surface area (Å²) < 4.78 is 0. The average Bonchev–Trinajstić information content (AvgIpc) is 2.87. The van der Waals surface area contributed by atoms with Crippen molar-refractivity contribution in [1.82, 2.24) is 0 Å². The van der Waals surface area contributed by atoms with Crippen molar-refractivity contribution >= 4 is 40.6 Å². The first-order valence-corrected chi connectivity index (χ1v) is 10.2. The van der Waals surface area contributed by atoms with Crippen molar-refractivity contribution in [2.24, 2.45) is 0 Å². The van der Waals surface area contributed by atoms with Gasteiger partial charge in [-0.25, -0.2) is 0 Å². The van der Waals surface area contributed by atoms with Gasteiger partial charge in [-0.2, -0.15) is 0 Å². The van der Waals surface area contributed by atoms with Gasteiger partial charge in [-0.3, -0.25) is 4.79 Å². The summed E-state index contributed by atoms with van der Waals surface area (Å²) in [5, 5.41) is 1.30. The predicted molar refractivity (Wildman–Crippen MR) is 118 cm³/mol. The molecule has 0 fully saturated rings. The molecule has 28 heavy (non-hydrogen) atoms. The molecule has 0 aliphatic heterocycles. The molecule has 0 atom stereocenters. The molecule has 1 aliphatic carbocycles. The first-order valence-electron chi connectivity index (χ1n) is 9.41. The van der Waals surface area contributed by atoms with Gasteiger partial charge in [0, 0.05) is 15.6 Å². The van der Waals surface area contributed by atoms with Crippen LogP contribution in [0.3, 0.4) is 0 Å².